The van der Waals surface area contributed by atoms with E-state index in [0.29, 0.717) is 57.4 Å². The number of aliphatic hydroxyl groups excluding tert-OH is 1. The topological polar surface area (TPSA) is 161 Å². The summed E-state index contributed by atoms with van der Waals surface area (Å²) in [7, 11) is 3.99. The van der Waals surface area contributed by atoms with E-state index in [-0.39, 0.29) is 17.6 Å². The van der Waals surface area contributed by atoms with Crippen molar-refractivity contribution < 1.29 is 28.9 Å². The molecule has 4 aromatic rings. The van der Waals surface area contributed by atoms with Gasteiger partial charge in [-0.25, -0.2) is 4.98 Å². The second-order valence-corrected chi connectivity index (χ2v) is 14.1. The molecule has 1 heterocycles. The summed E-state index contributed by atoms with van der Waals surface area (Å²) < 4.78 is 18.3. The molecule has 5 rings (SSSR count). The first-order valence-corrected chi connectivity index (χ1v) is 18.2. The number of aromatic nitrogens is 1. The minimum Gasteiger partial charge on any atom is -0.491 e. The van der Waals surface area contributed by atoms with E-state index >= 15 is 0 Å². The smallest absolute Gasteiger partial charge is 0.251 e. The van der Waals surface area contributed by atoms with E-state index in [1.54, 1.807) is 0 Å². The normalized spacial score (nSPS) is 18.9. The molecule has 0 radical (unpaired) electrons. The third-order valence-electron chi connectivity index (χ3n) is 8.82. The number of ether oxygens (including phenoxy) is 3. The maximum atomic E-state index is 13.2. The largest absolute Gasteiger partial charge is 0.491 e. The van der Waals surface area contributed by atoms with E-state index in [0.717, 1.165) is 39.3 Å². The van der Waals surface area contributed by atoms with Crippen molar-refractivity contribution in [1.82, 2.24) is 10.3 Å². The molecule has 0 spiro atoms. The van der Waals surface area contributed by atoms with Crippen LogP contribution in [-0.4, -0.2) is 87.1 Å². The number of rotatable bonds is 18. The maximum absolute atomic E-state index is 13.2. The standard InChI is InChI=1S/C38H48N6O6S/c1-25-21-27(35(45)33(22-25)40-37(47)36(46)31(39)23-26-7-5-4-6-8-26)15-16-48-17-18-49-19-20-50-30-13-14-32-34(24-30)51-38(41-32)43-42-28-9-11-29(12-10-28)44(2)3/h4-14,24-25,27,31,33,36,46H,15-23,39H2,1-3H3,(H,40,47)/t25?,27?,31-,33+,36+/m1/s1. The SMILES string of the molecule is CC1CC(CCOCCOCCOc2ccc3nc(N=Nc4ccc(N(C)C)cc4)sc3c2)C(=O)[C@@H](NC(=O)[C@@H](O)[C@H](N)Cc2ccccc2)C1. The number of aliphatic hydroxyl groups is 1. The summed E-state index contributed by atoms with van der Waals surface area (Å²) in [5.74, 6) is 0.113. The molecule has 1 saturated carbocycles. The van der Waals surface area contributed by atoms with Gasteiger partial charge in [0.25, 0.3) is 5.91 Å². The summed E-state index contributed by atoms with van der Waals surface area (Å²) >= 11 is 1.45. The molecular formula is C38H48N6O6S. The summed E-state index contributed by atoms with van der Waals surface area (Å²) in [6.07, 6.45) is 0.787. The van der Waals surface area contributed by atoms with Crippen molar-refractivity contribution in [2.45, 2.75) is 50.8 Å². The van der Waals surface area contributed by atoms with Gasteiger partial charge in [0.15, 0.2) is 5.78 Å². The molecule has 1 aliphatic carbocycles. The first-order chi connectivity index (χ1) is 24.7. The van der Waals surface area contributed by atoms with E-state index in [2.05, 4.69) is 27.5 Å². The molecule has 5 atom stereocenters. The van der Waals surface area contributed by atoms with Gasteiger partial charge >= 0.3 is 0 Å². The van der Waals surface area contributed by atoms with E-state index in [9.17, 15) is 14.7 Å². The second-order valence-electron chi connectivity index (χ2n) is 13.1. The number of hydrogen-bond donors (Lipinski definition) is 3. The van der Waals surface area contributed by atoms with Gasteiger partial charge in [-0.15, -0.1) is 10.2 Å². The van der Waals surface area contributed by atoms with Crippen LogP contribution in [0.1, 0.15) is 31.7 Å². The minimum absolute atomic E-state index is 0.0228. The molecule has 272 valence electrons. The number of anilines is 1. The van der Waals surface area contributed by atoms with Crippen LogP contribution in [0.25, 0.3) is 10.2 Å². The van der Waals surface area contributed by atoms with Gasteiger partial charge in [-0.2, -0.15) is 0 Å². The molecule has 2 unspecified atom stereocenters. The number of nitrogens with one attached hydrogen (secondary N) is 1. The van der Waals surface area contributed by atoms with Crippen LogP contribution in [0.2, 0.25) is 0 Å². The van der Waals surface area contributed by atoms with Crippen molar-refractivity contribution in [2.75, 3.05) is 52.0 Å². The number of carbonyl (C=O) groups excluding carboxylic acids is 2. The van der Waals surface area contributed by atoms with Crippen LogP contribution >= 0.6 is 11.3 Å². The molecule has 13 heteroatoms. The highest BCUT2D eigenvalue weighted by atomic mass is 32.1. The molecule has 3 aromatic carbocycles. The molecule has 1 amide bonds. The van der Waals surface area contributed by atoms with Gasteiger partial charge in [-0.1, -0.05) is 48.6 Å². The summed E-state index contributed by atoms with van der Waals surface area (Å²) in [5.41, 5.74) is 9.74. The highest BCUT2D eigenvalue weighted by Crippen LogP contribution is 2.32. The number of nitrogens with two attached hydrogens (primary N) is 1. The molecule has 51 heavy (non-hydrogen) atoms. The number of carbonyl (C=O) groups is 2. The van der Waals surface area contributed by atoms with Gasteiger partial charge in [-0.3, -0.25) is 9.59 Å². The van der Waals surface area contributed by atoms with Crippen LogP contribution in [0.15, 0.2) is 83.0 Å². The van der Waals surface area contributed by atoms with Gasteiger partial charge in [0.1, 0.15) is 18.5 Å². The molecule has 0 bridgehead atoms. The highest BCUT2D eigenvalue weighted by Gasteiger charge is 2.36. The van der Waals surface area contributed by atoms with Crippen molar-refractivity contribution in [2.24, 2.45) is 27.8 Å². The monoisotopic (exact) mass is 716 g/mol. The predicted octanol–water partition coefficient (Wildman–Crippen LogP) is 5.61. The number of azo groups is 1. The predicted molar refractivity (Wildman–Crippen MR) is 199 cm³/mol. The fourth-order valence-corrected chi connectivity index (χ4v) is 6.87. The summed E-state index contributed by atoms with van der Waals surface area (Å²) in [4.78, 5) is 32.5. The second kappa shape index (κ2) is 18.8. The number of nitrogens with zero attached hydrogens (tertiary/aromatic N) is 4. The third-order valence-corrected chi connectivity index (χ3v) is 9.72. The average molecular weight is 717 g/mol. The lowest BCUT2D eigenvalue weighted by Gasteiger charge is -2.33. The number of Topliss-reactive ketones (excluding diaryl/α,β-unsaturated/α-hetero) is 1. The molecule has 0 saturated heterocycles. The molecule has 1 fully saturated rings. The Hall–Kier alpha value is -4.27. The van der Waals surface area contributed by atoms with Gasteiger partial charge in [0.2, 0.25) is 5.13 Å². The summed E-state index contributed by atoms with van der Waals surface area (Å²) in [6, 6.07) is 21.6. The van der Waals surface area contributed by atoms with E-state index in [4.69, 9.17) is 19.9 Å². The third kappa shape index (κ3) is 11.4. The van der Waals surface area contributed by atoms with Crippen molar-refractivity contribution in [1.29, 1.82) is 0 Å². The number of hydrogen-bond acceptors (Lipinski definition) is 12. The average Bonchev–Trinajstić information content (AvgIpc) is 3.54. The van der Waals surface area contributed by atoms with Crippen molar-refractivity contribution in [3.8, 4) is 5.75 Å². The zero-order valence-corrected chi connectivity index (χ0v) is 30.3. The minimum atomic E-state index is -1.40. The van der Waals surface area contributed by atoms with E-state index < -0.39 is 24.1 Å². The molecular weight excluding hydrogens is 669 g/mol. The van der Waals surface area contributed by atoms with Gasteiger partial charge in [0.05, 0.1) is 41.8 Å². The van der Waals surface area contributed by atoms with Crippen molar-refractivity contribution in [3.63, 3.8) is 0 Å². The Morgan fingerprint density at radius 2 is 1.73 bits per heavy atom. The number of amides is 1. The Bertz CT molecular complexity index is 1730. The fourth-order valence-electron chi connectivity index (χ4n) is 6.05. The zero-order valence-electron chi connectivity index (χ0n) is 29.4. The lowest BCUT2D eigenvalue weighted by atomic mass is 9.77. The Labute approximate surface area is 303 Å². The highest BCUT2D eigenvalue weighted by molar-refractivity contribution is 7.21. The van der Waals surface area contributed by atoms with E-state index in [1.807, 2.05) is 91.8 Å². The lowest BCUT2D eigenvalue weighted by molar-refractivity contribution is -0.137. The molecule has 4 N–H and O–H groups in total. The van der Waals surface area contributed by atoms with Crippen molar-refractivity contribution in [3.05, 3.63) is 78.4 Å². The molecule has 1 aliphatic rings. The van der Waals surface area contributed by atoms with Gasteiger partial charge in [0, 0.05) is 38.3 Å². The van der Waals surface area contributed by atoms with Crippen LogP contribution in [0, 0.1) is 11.8 Å². The van der Waals surface area contributed by atoms with Gasteiger partial charge < -0.3 is 35.3 Å². The van der Waals surface area contributed by atoms with Gasteiger partial charge in [-0.05, 0) is 79.6 Å². The Kier molecular flexibility index (Phi) is 14.0. The Morgan fingerprint density at radius 3 is 2.47 bits per heavy atom. The van der Waals surface area contributed by atoms with E-state index in [1.165, 1.54) is 11.3 Å². The van der Waals surface area contributed by atoms with Crippen LogP contribution in [0.3, 0.4) is 0 Å². The summed E-state index contributed by atoms with van der Waals surface area (Å²) in [6.45, 7) is 4.06. The Balaban J connectivity index is 0.955. The maximum Gasteiger partial charge on any atom is 0.251 e. The van der Waals surface area contributed by atoms with Crippen LogP contribution in [-0.2, 0) is 25.5 Å². The lowest BCUT2D eigenvalue weighted by Crippen LogP contribution is -2.54. The number of ketones is 1. The zero-order chi connectivity index (χ0) is 36.2. The number of thiazole rings is 1. The van der Waals surface area contributed by atoms with Crippen molar-refractivity contribution >= 4 is 49.8 Å². The van der Waals surface area contributed by atoms with Crippen LogP contribution < -0.4 is 20.7 Å². The Morgan fingerprint density at radius 1 is 1.00 bits per heavy atom. The molecule has 0 aliphatic heterocycles. The first kappa shape index (κ1) is 38.0. The van der Waals surface area contributed by atoms with Crippen LogP contribution in [0.4, 0.5) is 16.5 Å². The quantitative estimate of drug-likeness (QED) is 0.0878. The fraction of sp³-hybridized carbons (Fsp3) is 0.447. The summed E-state index contributed by atoms with van der Waals surface area (Å²) in [5, 5.41) is 22.5. The van der Waals surface area contributed by atoms with Crippen LogP contribution in [0.5, 0.6) is 5.75 Å². The molecule has 1 aromatic heterocycles. The number of fused-ring (bicyclic) bond motifs is 1. The molecule has 12 nitrogen and oxygen atoms in total. The number of benzene rings is 3. The first-order valence-electron chi connectivity index (χ1n) is 17.4.